The van der Waals surface area contributed by atoms with E-state index in [1.54, 1.807) is 11.8 Å². The lowest BCUT2D eigenvalue weighted by atomic mass is 10.0. The molecule has 1 heterocycles. The summed E-state index contributed by atoms with van der Waals surface area (Å²) in [6.07, 6.45) is 0. The van der Waals surface area contributed by atoms with E-state index in [1.807, 2.05) is 7.05 Å². The number of likely N-dealkylation sites (N-methyl/N-ethyl adjacent to an activating group) is 1. The van der Waals surface area contributed by atoms with Crippen molar-refractivity contribution in [1.82, 2.24) is 5.32 Å². The van der Waals surface area contributed by atoms with Crippen molar-refractivity contribution < 1.29 is 4.79 Å². The Labute approximate surface area is 100.0 Å². The van der Waals surface area contributed by atoms with Gasteiger partial charge in [0.15, 0.2) is 0 Å². The molecule has 86 valence electrons. The number of carbonyl (C=O) groups is 1. The zero-order chi connectivity index (χ0) is 11.5. The Kier molecular flexibility index (Phi) is 3.51. The summed E-state index contributed by atoms with van der Waals surface area (Å²) in [4.78, 5) is 12.5. The average Bonchev–Trinajstić information content (AvgIpc) is 2.28. The molecule has 16 heavy (non-hydrogen) atoms. The summed E-state index contributed by atoms with van der Waals surface area (Å²) in [5.41, 5.74) is 2.22. The number of amides is 1. The fourth-order valence-electron chi connectivity index (χ4n) is 1.83. The second kappa shape index (κ2) is 4.89. The van der Waals surface area contributed by atoms with Crippen LogP contribution in [0, 0.1) is 0 Å². The van der Waals surface area contributed by atoms with Crippen molar-refractivity contribution in [2.75, 3.05) is 24.7 Å². The predicted octanol–water partition coefficient (Wildman–Crippen LogP) is 2.05. The van der Waals surface area contributed by atoms with Gasteiger partial charge in [0.1, 0.15) is 0 Å². The van der Waals surface area contributed by atoms with E-state index in [0.717, 1.165) is 12.2 Å². The highest BCUT2D eigenvalue weighted by Crippen LogP contribution is 2.33. The molecular weight excluding hydrogens is 220 g/mol. The SMILES string of the molecule is CNCC(C)c1ccc2c(c1)NC(=O)CS2. The van der Waals surface area contributed by atoms with Gasteiger partial charge >= 0.3 is 0 Å². The van der Waals surface area contributed by atoms with Crippen LogP contribution in [0.3, 0.4) is 0 Å². The monoisotopic (exact) mass is 236 g/mol. The van der Waals surface area contributed by atoms with Crippen LogP contribution in [0.25, 0.3) is 0 Å². The Morgan fingerprint density at radius 2 is 2.38 bits per heavy atom. The normalized spacial score (nSPS) is 16.5. The molecule has 3 nitrogen and oxygen atoms in total. The Morgan fingerprint density at radius 1 is 1.56 bits per heavy atom. The second-order valence-electron chi connectivity index (χ2n) is 4.05. The molecule has 2 rings (SSSR count). The topological polar surface area (TPSA) is 41.1 Å². The summed E-state index contributed by atoms with van der Waals surface area (Å²) in [5, 5.41) is 6.08. The van der Waals surface area contributed by atoms with Crippen LogP contribution in [-0.4, -0.2) is 25.3 Å². The van der Waals surface area contributed by atoms with Gasteiger partial charge in [0, 0.05) is 11.4 Å². The highest BCUT2D eigenvalue weighted by molar-refractivity contribution is 8.00. The number of thioether (sulfide) groups is 1. The first kappa shape index (κ1) is 11.5. The number of anilines is 1. The fourth-order valence-corrected chi connectivity index (χ4v) is 2.62. The summed E-state index contributed by atoms with van der Waals surface area (Å²) < 4.78 is 0. The number of hydrogen-bond acceptors (Lipinski definition) is 3. The molecular formula is C12H16N2OS. The highest BCUT2D eigenvalue weighted by Gasteiger charge is 2.16. The van der Waals surface area contributed by atoms with Crippen molar-refractivity contribution in [2.24, 2.45) is 0 Å². The molecule has 0 aromatic heterocycles. The van der Waals surface area contributed by atoms with E-state index in [-0.39, 0.29) is 5.91 Å². The zero-order valence-electron chi connectivity index (χ0n) is 9.54. The zero-order valence-corrected chi connectivity index (χ0v) is 10.4. The van der Waals surface area contributed by atoms with E-state index in [4.69, 9.17) is 0 Å². The first-order chi connectivity index (χ1) is 7.70. The van der Waals surface area contributed by atoms with Crippen LogP contribution in [-0.2, 0) is 4.79 Å². The largest absolute Gasteiger partial charge is 0.324 e. The molecule has 0 fully saturated rings. The maximum atomic E-state index is 11.3. The minimum absolute atomic E-state index is 0.0934. The average molecular weight is 236 g/mol. The lowest BCUT2D eigenvalue weighted by Crippen LogP contribution is -2.19. The lowest BCUT2D eigenvalue weighted by molar-refractivity contribution is -0.113. The van der Waals surface area contributed by atoms with E-state index in [0.29, 0.717) is 11.7 Å². The molecule has 0 saturated carbocycles. The number of hydrogen-bond donors (Lipinski definition) is 2. The summed E-state index contributed by atoms with van der Waals surface area (Å²) in [6, 6.07) is 6.33. The van der Waals surface area contributed by atoms with Crippen molar-refractivity contribution in [1.29, 1.82) is 0 Å². The molecule has 2 N–H and O–H groups in total. The summed E-state index contributed by atoms with van der Waals surface area (Å²) >= 11 is 1.60. The van der Waals surface area contributed by atoms with Crippen molar-refractivity contribution in [3.05, 3.63) is 23.8 Å². The van der Waals surface area contributed by atoms with Gasteiger partial charge in [-0.2, -0.15) is 0 Å². The predicted molar refractivity (Wildman–Crippen MR) is 68.1 cm³/mol. The molecule has 0 bridgehead atoms. The molecule has 1 amide bonds. The maximum absolute atomic E-state index is 11.3. The van der Waals surface area contributed by atoms with Gasteiger partial charge in [-0.1, -0.05) is 13.0 Å². The fraction of sp³-hybridized carbons (Fsp3) is 0.417. The third-order valence-corrected chi connectivity index (χ3v) is 3.79. The van der Waals surface area contributed by atoms with Crippen LogP contribution in [0.1, 0.15) is 18.4 Å². The molecule has 0 saturated heterocycles. The Hall–Kier alpha value is -1.000. The molecule has 1 unspecified atom stereocenters. The van der Waals surface area contributed by atoms with Gasteiger partial charge in [-0.05, 0) is 30.7 Å². The minimum Gasteiger partial charge on any atom is -0.324 e. The van der Waals surface area contributed by atoms with Gasteiger partial charge in [0.05, 0.1) is 11.4 Å². The van der Waals surface area contributed by atoms with Crippen LogP contribution in [0.15, 0.2) is 23.1 Å². The van der Waals surface area contributed by atoms with Gasteiger partial charge in [-0.15, -0.1) is 11.8 Å². The molecule has 0 radical (unpaired) electrons. The number of nitrogens with one attached hydrogen (secondary N) is 2. The van der Waals surface area contributed by atoms with Crippen molar-refractivity contribution in [3.63, 3.8) is 0 Å². The van der Waals surface area contributed by atoms with Gasteiger partial charge in [0.2, 0.25) is 5.91 Å². The molecule has 1 aromatic rings. The summed E-state index contributed by atoms with van der Waals surface area (Å²) in [5.74, 6) is 1.08. The lowest BCUT2D eigenvalue weighted by Gasteiger charge is -2.19. The Morgan fingerprint density at radius 3 is 3.12 bits per heavy atom. The number of rotatable bonds is 3. The first-order valence-electron chi connectivity index (χ1n) is 5.42. The summed E-state index contributed by atoms with van der Waals surface area (Å²) in [7, 11) is 1.95. The van der Waals surface area contributed by atoms with Crippen molar-refractivity contribution in [3.8, 4) is 0 Å². The van der Waals surface area contributed by atoms with Crippen molar-refractivity contribution in [2.45, 2.75) is 17.7 Å². The quantitative estimate of drug-likeness (QED) is 0.844. The van der Waals surface area contributed by atoms with Crippen LogP contribution < -0.4 is 10.6 Å². The number of fused-ring (bicyclic) bond motifs is 1. The van der Waals surface area contributed by atoms with Crippen LogP contribution in [0.5, 0.6) is 0 Å². The van der Waals surface area contributed by atoms with Crippen molar-refractivity contribution >= 4 is 23.4 Å². The second-order valence-corrected chi connectivity index (χ2v) is 5.07. The number of benzene rings is 1. The van der Waals surface area contributed by atoms with E-state index < -0.39 is 0 Å². The third kappa shape index (κ3) is 2.39. The highest BCUT2D eigenvalue weighted by atomic mass is 32.2. The Balaban J connectivity index is 2.24. The summed E-state index contributed by atoms with van der Waals surface area (Å²) in [6.45, 7) is 3.12. The Bertz CT molecular complexity index is 406. The van der Waals surface area contributed by atoms with Crippen LogP contribution >= 0.6 is 11.8 Å². The standard InChI is InChI=1S/C12H16N2OS/c1-8(6-13-2)9-3-4-11-10(5-9)14-12(15)7-16-11/h3-5,8,13H,6-7H2,1-2H3,(H,14,15). The number of carbonyl (C=O) groups excluding carboxylic acids is 1. The van der Waals surface area contributed by atoms with Crippen LogP contribution in [0.2, 0.25) is 0 Å². The smallest absolute Gasteiger partial charge is 0.234 e. The van der Waals surface area contributed by atoms with E-state index in [2.05, 4.69) is 35.8 Å². The molecule has 0 aliphatic carbocycles. The minimum atomic E-state index is 0.0934. The van der Waals surface area contributed by atoms with E-state index in [9.17, 15) is 4.79 Å². The third-order valence-electron chi connectivity index (χ3n) is 2.72. The molecule has 1 aliphatic rings. The van der Waals surface area contributed by atoms with Gasteiger partial charge < -0.3 is 10.6 Å². The van der Waals surface area contributed by atoms with Gasteiger partial charge in [-0.25, -0.2) is 0 Å². The molecule has 4 heteroatoms. The first-order valence-corrected chi connectivity index (χ1v) is 6.40. The van der Waals surface area contributed by atoms with Gasteiger partial charge in [-0.3, -0.25) is 4.79 Å². The van der Waals surface area contributed by atoms with E-state index in [1.165, 1.54) is 10.5 Å². The van der Waals surface area contributed by atoms with Crippen LogP contribution in [0.4, 0.5) is 5.69 Å². The molecule has 0 spiro atoms. The molecule has 1 aromatic carbocycles. The molecule has 1 atom stereocenters. The maximum Gasteiger partial charge on any atom is 0.234 e. The van der Waals surface area contributed by atoms with Gasteiger partial charge in [0.25, 0.3) is 0 Å². The van der Waals surface area contributed by atoms with E-state index >= 15 is 0 Å². The molecule has 1 aliphatic heterocycles.